The van der Waals surface area contributed by atoms with Crippen molar-refractivity contribution in [2.24, 2.45) is 5.92 Å². The molecule has 1 saturated heterocycles. The number of nitrogens with zero attached hydrogens (tertiary/aromatic N) is 1. The average Bonchev–Trinajstić information content (AvgIpc) is 2.28. The molecule has 0 aromatic rings. The van der Waals surface area contributed by atoms with E-state index in [1.807, 2.05) is 13.8 Å². The SMILES string of the molecule is CCOC(=O)[C@H]1CCCN(C(=O)C=C(C)C)C1. The Morgan fingerprint density at radius 1 is 1.41 bits per heavy atom. The van der Waals surface area contributed by atoms with Gasteiger partial charge in [-0.25, -0.2) is 0 Å². The Balaban J connectivity index is 2.57. The third kappa shape index (κ3) is 4.21. The van der Waals surface area contributed by atoms with Crippen LogP contribution in [-0.2, 0) is 14.3 Å². The Bertz CT molecular complexity index is 319. The lowest BCUT2D eigenvalue weighted by Crippen LogP contribution is -2.42. The molecule has 1 fully saturated rings. The van der Waals surface area contributed by atoms with Gasteiger partial charge in [0, 0.05) is 19.2 Å². The predicted molar refractivity (Wildman–Crippen MR) is 65.4 cm³/mol. The Kier molecular flexibility index (Phi) is 5.19. The number of carbonyl (C=O) groups excluding carboxylic acids is 2. The van der Waals surface area contributed by atoms with Crippen molar-refractivity contribution >= 4 is 11.9 Å². The Morgan fingerprint density at radius 3 is 2.71 bits per heavy atom. The molecular formula is C13H21NO3. The zero-order valence-electron chi connectivity index (χ0n) is 10.9. The maximum absolute atomic E-state index is 11.8. The number of allylic oxidation sites excluding steroid dienone is 1. The highest BCUT2D eigenvalue weighted by atomic mass is 16.5. The van der Waals surface area contributed by atoms with Gasteiger partial charge in [-0.3, -0.25) is 9.59 Å². The summed E-state index contributed by atoms with van der Waals surface area (Å²) in [7, 11) is 0. The lowest BCUT2D eigenvalue weighted by molar-refractivity contribution is -0.150. The van der Waals surface area contributed by atoms with Crippen molar-refractivity contribution in [3.8, 4) is 0 Å². The molecule has 0 radical (unpaired) electrons. The highest BCUT2D eigenvalue weighted by molar-refractivity contribution is 5.88. The summed E-state index contributed by atoms with van der Waals surface area (Å²) >= 11 is 0. The lowest BCUT2D eigenvalue weighted by atomic mass is 9.98. The number of piperidine rings is 1. The van der Waals surface area contributed by atoms with Crippen LogP contribution in [0.5, 0.6) is 0 Å². The van der Waals surface area contributed by atoms with Crippen LogP contribution in [0.15, 0.2) is 11.6 Å². The summed E-state index contributed by atoms with van der Waals surface area (Å²) in [5.74, 6) is -0.334. The van der Waals surface area contributed by atoms with Crippen LogP contribution in [0.1, 0.15) is 33.6 Å². The van der Waals surface area contributed by atoms with E-state index in [4.69, 9.17) is 4.74 Å². The van der Waals surface area contributed by atoms with Crippen LogP contribution in [0.4, 0.5) is 0 Å². The summed E-state index contributed by atoms with van der Waals surface area (Å²) in [5.41, 5.74) is 0.980. The van der Waals surface area contributed by atoms with Crippen molar-refractivity contribution in [3.63, 3.8) is 0 Å². The molecule has 17 heavy (non-hydrogen) atoms. The summed E-state index contributed by atoms with van der Waals surface area (Å²) in [4.78, 5) is 25.2. The number of hydrogen-bond donors (Lipinski definition) is 0. The zero-order valence-corrected chi connectivity index (χ0v) is 10.9. The fourth-order valence-corrected chi connectivity index (χ4v) is 1.97. The molecule has 1 amide bonds. The van der Waals surface area contributed by atoms with Gasteiger partial charge in [0.1, 0.15) is 0 Å². The molecule has 0 saturated carbocycles. The van der Waals surface area contributed by atoms with Gasteiger partial charge in [0.2, 0.25) is 5.91 Å². The lowest BCUT2D eigenvalue weighted by Gasteiger charge is -2.30. The first-order valence-electron chi connectivity index (χ1n) is 6.15. The van der Waals surface area contributed by atoms with E-state index in [1.165, 1.54) is 0 Å². The predicted octanol–water partition coefficient (Wildman–Crippen LogP) is 1.75. The third-order valence-corrected chi connectivity index (χ3v) is 2.77. The molecule has 1 aliphatic heterocycles. The summed E-state index contributed by atoms with van der Waals surface area (Å²) in [6, 6.07) is 0. The first kappa shape index (κ1) is 13.7. The van der Waals surface area contributed by atoms with Gasteiger partial charge < -0.3 is 9.64 Å². The minimum atomic E-state index is -0.179. The van der Waals surface area contributed by atoms with Crippen LogP contribution in [0.25, 0.3) is 0 Å². The van der Waals surface area contributed by atoms with Gasteiger partial charge in [-0.15, -0.1) is 0 Å². The molecule has 4 nitrogen and oxygen atoms in total. The minimum Gasteiger partial charge on any atom is -0.466 e. The Hall–Kier alpha value is -1.32. The quantitative estimate of drug-likeness (QED) is 0.557. The van der Waals surface area contributed by atoms with E-state index >= 15 is 0 Å². The molecule has 4 heteroatoms. The van der Waals surface area contributed by atoms with E-state index in [2.05, 4.69) is 0 Å². The van der Waals surface area contributed by atoms with E-state index in [0.29, 0.717) is 13.2 Å². The van der Waals surface area contributed by atoms with E-state index < -0.39 is 0 Å². The van der Waals surface area contributed by atoms with Gasteiger partial charge in [-0.1, -0.05) is 5.57 Å². The van der Waals surface area contributed by atoms with E-state index in [9.17, 15) is 9.59 Å². The second-order valence-electron chi connectivity index (χ2n) is 4.60. The molecule has 0 unspecified atom stereocenters. The summed E-state index contributed by atoms with van der Waals surface area (Å²) in [6.07, 6.45) is 3.30. The fourth-order valence-electron chi connectivity index (χ4n) is 1.97. The van der Waals surface area contributed by atoms with Crippen molar-refractivity contribution in [3.05, 3.63) is 11.6 Å². The smallest absolute Gasteiger partial charge is 0.310 e. The van der Waals surface area contributed by atoms with Crippen LogP contribution < -0.4 is 0 Å². The number of esters is 1. The van der Waals surface area contributed by atoms with E-state index in [-0.39, 0.29) is 17.8 Å². The molecule has 0 aromatic carbocycles. The summed E-state index contributed by atoms with van der Waals surface area (Å²) in [5, 5.41) is 0. The number of rotatable bonds is 3. The van der Waals surface area contributed by atoms with Crippen LogP contribution in [0, 0.1) is 5.92 Å². The topological polar surface area (TPSA) is 46.6 Å². The summed E-state index contributed by atoms with van der Waals surface area (Å²) in [6.45, 7) is 7.21. The van der Waals surface area contributed by atoms with Gasteiger partial charge in [0.05, 0.1) is 12.5 Å². The van der Waals surface area contributed by atoms with Crippen molar-refractivity contribution < 1.29 is 14.3 Å². The van der Waals surface area contributed by atoms with Gasteiger partial charge >= 0.3 is 5.97 Å². The van der Waals surface area contributed by atoms with E-state index in [1.54, 1.807) is 17.9 Å². The van der Waals surface area contributed by atoms with Gasteiger partial charge in [0.25, 0.3) is 0 Å². The van der Waals surface area contributed by atoms with Crippen molar-refractivity contribution in [1.82, 2.24) is 4.90 Å². The van der Waals surface area contributed by atoms with Crippen molar-refractivity contribution in [2.75, 3.05) is 19.7 Å². The number of likely N-dealkylation sites (tertiary alicyclic amines) is 1. The third-order valence-electron chi connectivity index (χ3n) is 2.77. The van der Waals surface area contributed by atoms with Gasteiger partial charge in [0.15, 0.2) is 0 Å². The van der Waals surface area contributed by atoms with Crippen LogP contribution in [0.2, 0.25) is 0 Å². The molecule has 1 heterocycles. The molecule has 1 aliphatic rings. The highest BCUT2D eigenvalue weighted by Crippen LogP contribution is 2.18. The Morgan fingerprint density at radius 2 is 2.12 bits per heavy atom. The first-order chi connectivity index (χ1) is 8.04. The van der Waals surface area contributed by atoms with Crippen molar-refractivity contribution in [2.45, 2.75) is 33.6 Å². The number of hydrogen-bond acceptors (Lipinski definition) is 3. The standard InChI is InChI=1S/C13H21NO3/c1-4-17-13(16)11-6-5-7-14(9-11)12(15)8-10(2)3/h8,11H,4-7,9H2,1-3H3/t11-/m0/s1. The van der Waals surface area contributed by atoms with Crippen LogP contribution >= 0.6 is 0 Å². The van der Waals surface area contributed by atoms with E-state index in [0.717, 1.165) is 25.0 Å². The van der Waals surface area contributed by atoms with Crippen LogP contribution in [0.3, 0.4) is 0 Å². The normalized spacial score (nSPS) is 19.7. The number of amides is 1. The molecule has 1 atom stereocenters. The second-order valence-corrected chi connectivity index (χ2v) is 4.60. The average molecular weight is 239 g/mol. The molecule has 0 spiro atoms. The molecule has 0 N–H and O–H groups in total. The molecule has 1 rings (SSSR count). The van der Waals surface area contributed by atoms with Crippen molar-refractivity contribution in [1.29, 1.82) is 0 Å². The number of carbonyl (C=O) groups is 2. The molecule has 0 bridgehead atoms. The maximum Gasteiger partial charge on any atom is 0.310 e. The second kappa shape index (κ2) is 6.42. The molecule has 0 aromatic heterocycles. The van der Waals surface area contributed by atoms with Gasteiger partial charge in [-0.05, 0) is 33.6 Å². The molecule has 0 aliphatic carbocycles. The largest absolute Gasteiger partial charge is 0.466 e. The maximum atomic E-state index is 11.8. The van der Waals surface area contributed by atoms with Gasteiger partial charge in [-0.2, -0.15) is 0 Å². The highest BCUT2D eigenvalue weighted by Gasteiger charge is 2.28. The monoisotopic (exact) mass is 239 g/mol. The van der Waals surface area contributed by atoms with Crippen LogP contribution in [-0.4, -0.2) is 36.5 Å². The fraction of sp³-hybridized carbons (Fsp3) is 0.692. The molecule has 96 valence electrons. The first-order valence-corrected chi connectivity index (χ1v) is 6.15. The minimum absolute atomic E-state index is 0.000927. The number of ether oxygens (including phenoxy) is 1. The summed E-state index contributed by atoms with van der Waals surface area (Å²) < 4.78 is 5.00. The molecular weight excluding hydrogens is 218 g/mol. The zero-order chi connectivity index (χ0) is 12.8. The Labute approximate surface area is 103 Å².